The second-order valence-electron chi connectivity index (χ2n) is 4.05. The number of amides is 1. The van der Waals surface area contributed by atoms with E-state index in [1.54, 1.807) is 0 Å². The van der Waals surface area contributed by atoms with Gasteiger partial charge in [-0.15, -0.1) is 0 Å². The van der Waals surface area contributed by atoms with Gasteiger partial charge in [0.15, 0.2) is 0 Å². The first-order chi connectivity index (χ1) is 6.58. The summed E-state index contributed by atoms with van der Waals surface area (Å²) in [5.74, 6) is 0.0557. The minimum atomic E-state index is -0.202. The Morgan fingerprint density at radius 3 is 2.86 bits per heavy atom. The Balaban J connectivity index is 2.51. The molecular formula is C10H19NO3. The Morgan fingerprint density at radius 1 is 1.57 bits per heavy atom. The first kappa shape index (κ1) is 11.5. The number of morpholine rings is 1. The first-order valence-corrected chi connectivity index (χ1v) is 5.04. The van der Waals surface area contributed by atoms with Crippen molar-refractivity contribution in [1.82, 2.24) is 4.90 Å². The zero-order valence-corrected chi connectivity index (χ0v) is 9.21. The molecule has 0 saturated carbocycles. The van der Waals surface area contributed by atoms with Gasteiger partial charge in [-0.1, -0.05) is 0 Å². The van der Waals surface area contributed by atoms with Gasteiger partial charge in [0.05, 0.1) is 18.8 Å². The molecule has 0 aliphatic carbocycles. The average molecular weight is 201 g/mol. The van der Waals surface area contributed by atoms with E-state index >= 15 is 0 Å². The lowest BCUT2D eigenvalue weighted by Crippen LogP contribution is -2.56. The third-order valence-electron chi connectivity index (χ3n) is 2.38. The van der Waals surface area contributed by atoms with Crippen LogP contribution in [0.1, 0.15) is 20.8 Å². The lowest BCUT2D eigenvalue weighted by Gasteiger charge is -2.42. The lowest BCUT2D eigenvalue weighted by atomic mass is 10.0. The fourth-order valence-corrected chi connectivity index (χ4v) is 1.59. The van der Waals surface area contributed by atoms with E-state index in [-0.39, 0.29) is 18.1 Å². The summed E-state index contributed by atoms with van der Waals surface area (Å²) >= 11 is 0. The van der Waals surface area contributed by atoms with Crippen LogP contribution in [-0.2, 0) is 14.3 Å². The molecule has 1 saturated heterocycles. The van der Waals surface area contributed by atoms with Gasteiger partial charge < -0.3 is 14.4 Å². The van der Waals surface area contributed by atoms with Crippen LogP contribution in [0.5, 0.6) is 0 Å². The van der Waals surface area contributed by atoms with Gasteiger partial charge >= 0.3 is 0 Å². The summed E-state index contributed by atoms with van der Waals surface area (Å²) in [6, 6.07) is 0. The second-order valence-corrected chi connectivity index (χ2v) is 4.05. The van der Waals surface area contributed by atoms with E-state index in [1.807, 2.05) is 25.7 Å². The van der Waals surface area contributed by atoms with E-state index in [0.717, 1.165) is 0 Å². The van der Waals surface area contributed by atoms with Crippen LogP contribution in [-0.4, -0.2) is 49.3 Å². The number of rotatable bonds is 3. The van der Waals surface area contributed by atoms with E-state index in [1.165, 1.54) is 0 Å². The average Bonchev–Trinajstić information content (AvgIpc) is 2.13. The molecule has 0 spiro atoms. The van der Waals surface area contributed by atoms with Crippen LogP contribution < -0.4 is 0 Å². The van der Waals surface area contributed by atoms with Gasteiger partial charge in [-0.25, -0.2) is 0 Å². The molecule has 0 unspecified atom stereocenters. The molecule has 0 bridgehead atoms. The summed E-state index contributed by atoms with van der Waals surface area (Å²) in [4.78, 5) is 13.6. The van der Waals surface area contributed by atoms with Gasteiger partial charge in [0, 0.05) is 13.2 Å². The summed E-state index contributed by atoms with van der Waals surface area (Å²) < 4.78 is 10.4. The molecule has 0 atom stereocenters. The molecule has 0 aromatic rings. The van der Waals surface area contributed by atoms with Gasteiger partial charge in [0.25, 0.3) is 0 Å². The monoisotopic (exact) mass is 201 g/mol. The van der Waals surface area contributed by atoms with Crippen LogP contribution >= 0.6 is 0 Å². The van der Waals surface area contributed by atoms with Gasteiger partial charge in [-0.3, -0.25) is 4.79 Å². The summed E-state index contributed by atoms with van der Waals surface area (Å²) in [6.45, 7) is 8.56. The summed E-state index contributed by atoms with van der Waals surface area (Å²) in [5, 5.41) is 0. The molecular weight excluding hydrogens is 182 g/mol. The van der Waals surface area contributed by atoms with Crippen LogP contribution in [0.25, 0.3) is 0 Å². The SMILES string of the molecule is CCOCC(=O)N1CCOCC1(C)C. The van der Waals surface area contributed by atoms with Crippen molar-refractivity contribution in [3.8, 4) is 0 Å². The van der Waals surface area contributed by atoms with E-state index in [4.69, 9.17) is 9.47 Å². The van der Waals surface area contributed by atoms with Crippen LogP contribution in [0.2, 0.25) is 0 Å². The minimum absolute atomic E-state index is 0.0557. The second kappa shape index (κ2) is 4.75. The number of carbonyl (C=O) groups excluding carboxylic acids is 1. The quantitative estimate of drug-likeness (QED) is 0.673. The largest absolute Gasteiger partial charge is 0.377 e. The molecule has 0 aromatic carbocycles. The fraction of sp³-hybridized carbons (Fsp3) is 0.900. The van der Waals surface area contributed by atoms with Crippen molar-refractivity contribution in [1.29, 1.82) is 0 Å². The predicted molar refractivity (Wildman–Crippen MR) is 53.1 cm³/mol. The Hall–Kier alpha value is -0.610. The zero-order chi connectivity index (χ0) is 10.6. The van der Waals surface area contributed by atoms with Crippen molar-refractivity contribution in [3.63, 3.8) is 0 Å². The van der Waals surface area contributed by atoms with Crippen molar-refractivity contribution in [2.45, 2.75) is 26.3 Å². The summed E-state index contributed by atoms with van der Waals surface area (Å²) in [6.07, 6.45) is 0. The van der Waals surface area contributed by atoms with E-state index in [2.05, 4.69) is 0 Å². The first-order valence-electron chi connectivity index (χ1n) is 5.04. The molecule has 0 radical (unpaired) electrons. The predicted octanol–water partition coefficient (Wildman–Crippen LogP) is 0.660. The molecule has 0 N–H and O–H groups in total. The van der Waals surface area contributed by atoms with Crippen LogP contribution in [0.3, 0.4) is 0 Å². The van der Waals surface area contributed by atoms with Crippen molar-refractivity contribution in [3.05, 3.63) is 0 Å². The molecule has 4 nitrogen and oxygen atoms in total. The highest BCUT2D eigenvalue weighted by Gasteiger charge is 2.33. The third kappa shape index (κ3) is 2.69. The van der Waals surface area contributed by atoms with Crippen LogP contribution in [0.4, 0.5) is 0 Å². The maximum Gasteiger partial charge on any atom is 0.249 e. The van der Waals surface area contributed by atoms with Crippen molar-refractivity contribution in [2.75, 3.05) is 33.0 Å². The van der Waals surface area contributed by atoms with Crippen molar-refractivity contribution in [2.24, 2.45) is 0 Å². The number of hydrogen-bond acceptors (Lipinski definition) is 3. The van der Waals surface area contributed by atoms with Gasteiger partial charge in [-0.2, -0.15) is 0 Å². The van der Waals surface area contributed by atoms with Gasteiger partial charge in [0.1, 0.15) is 6.61 Å². The van der Waals surface area contributed by atoms with Gasteiger partial charge in [0.2, 0.25) is 5.91 Å². The Bertz CT molecular complexity index is 204. The zero-order valence-electron chi connectivity index (χ0n) is 9.21. The summed E-state index contributed by atoms with van der Waals surface area (Å²) in [5.41, 5.74) is -0.202. The maximum absolute atomic E-state index is 11.7. The third-order valence-corrected chi connectivity index (χ3v) is 2.38. The number of carbonyl (C=O) groups is 1. The van der Waals surface area contributed by atoms with E-state index in [0.29, 0.717) is 26.4 Å². The molecule has 82 valence electrons. The topological polar surface area (TPSA) is 38.8 Å². The molecule has 1 heterocycles. The van der Waals surface area contributed by atoms with E-state index < -0.39 is 0 Å². The van der Waals surface area contributed by atoms with E-state index in [9.17, 15) is 4.79 Å². The molecule has 4 heteroatoms. The highest BCUT2D eigenvalue weighted by atomic mass is 16.5. The van der Waals surface area contributed by atoms with Crippen molar-refractivity contribution >= 4 is 5.91 Å². The van der Waals surface area contributed by atoms with Gasteiger partial charge in [-0.05, 0) is 20.8 Å². The van der Waals surface area contributed by atoms with Crippen LogP contribution in [0, 0.1) is 0 Å². The normalized spacial score (nSPS) is 20.9. The standard InChI is InChI=1S/C10H19NO3/c1-4-13-7-9(12)11-5-6-14-8-10(11,2)3/h4-8H2,1-3H3. The smallest absolute Gasteiger partial charge is 0.249 e. The Labute approximate surface area is 85.2 Å². The maximum atomic E-state index is 11.7. The highest BCUT2D eigenvalue weighted by molar-refractivity contribution is 5.78. The molecule has 1 amide bonds. The lowest BCUT2D eigenvalue weighted by molar-refractivity contribution is -0.150. The number of hydrogen-bond donors (Lipinski definition) is 0. The number of ether oxygens (including phenoxy) is 2. The Morgan fingerprint density at radius 2 is 2.29 bits per heavy atom. The van der Waals surface area contributed by atoms with Crippen LogP contribution in [0.15, 0.2) is 0 Å². The summed E-state index contributed by atoms with van der Waals surface area (Å²) in [7, 11) is 0. The number of nitrogens with zero attached hydrogens (tertiary/aromatic N) is 1. The molecule has 1 fully saturated rings. The fourth-order valence-electron chi connectivity index (χ4n) is 1.59. The molecule has 1 aliphatic heterocycles. The Kier molecular flexibility index (Phi) is 3.89. The highest BCUT2D eigenvalue weighted by Crippen LogP contribution is 2.18. The molecule has 0 aromatic heterocycles. The minimum Gasteiger partial charge on any atom is -0.377 e. The molecule has 1 rings (SSSR count). The molecule has 14 heavy (non-hydrogen) atoms. The molecule has 1 aliphatic rings. The van der Waals surface area contributed by atoms with Crippen molar-refractivity contribution < 1.29 is 14.3 Å².